The monoisotopic (exact) mass is 227 g/mol. The van der Waals surface area contributed by atoms with E-state index in [-0.39, 0.29) is 23.4 Å². The summed E-state index contributed by atoms with van der Waals surface area (Å²) in [5, 5.41) is 0. The Labute approximate surface area is 97.9 Å². The molecule has 0 unspecified atom stereocenters. The van der Waals surface area contributed by atoms with Crippen LogP contribution in [0.3, 0.4) is 0 Å². The smallest absolute Gasteiger partial charge is 0.870 e. The molecule has 1 aromatic carbocycles. The molecule has 0 saturated carbocycles. The molecular weight excluding hydrogens is 212 g/mol. The van der Waals surface area contributed by atoms with Crippen molar-refractivity contribution >= 4 is 31.4 Å². The molecule has 15 heavy (non-hydrogen) atoms. The number of hydrogen-bond donors (Lipinski definition) is 0. The van der Waals surface area contributed by atoms with Crippen molar-refractivity contribution in [1.29, 1.82) is 0 Å². The average Bonchev–Trinajstić information content (AvgIpc) is 2.56. The van der Waals surface area contributed by atoms with E-state index in [1.54, 1.807) is 0 Å². The third-order valence-electron chi connectivity index (χ3n) is 2.34. The molecule has 1 aromatic rings. The van der Waals surface area contributed by atoms with Crippen molar-refractivity contribution in [2.24, 2.45) is 0 Å². The Hall–Kier alpha value is -0.705. The normalized spacial score (nSPS) is 13.6. The molecule has 1 aliphatic heterocycles. The minimum Gasteiger partial charge on any atom is -0.870 e. The van der Waals surface area contributed by atoms with Gasteiger partial charge in [-0.3, -0.25) is 0 Å². The van der Waals surface area contributed by atoms with Crippen LogP contribution in [0.1, 0.15) is 12.8 Å². The zero-order valence-corrected chi connectivity index (χ0v) is 9.28. The van der Waals surface area contributed by atoms with E-state index in [0.717, 1.165) is 5.46 Å². The fourth-order valence-corrected chi connectivity index (χ4v) is 1.70. The summed E-state index contributed by atoms with van der Waals surface area (Å²) in [7, 11) is 5.70. The maximum Gasteiger partial charge on any atom is -0.870 e. The third-order valence-corrected chi connectivity index (χ3v) is 2.34. The van der Waals surface area contributed by atoms with Gasteiger partial charge in [0.15, 0.2) is 0 Å². The summed E-state index contributed by atoms with van der Waals surface area (Å²) < 4.78 is 0. The van der Waals surface area contributed by atoms with Gasteiger partial charge in [-0.1, -0.05) is 0 Å². The van der Waals surface area contributed by atoms with Crippen molar-refractivity contribution < 1.29 is 11.0 Å². The van der Waals surface area contributed by atoms with Crippen LogP contribution in [0, 0.1) is 0 Å². The van der Waals surface area contributed by atoms with Crippen LogP contribution in [0.25, 0.3) is 0 Å². The van der Waals surface area contributed by atoms with Gasteiger partial charge in [0, 0.05) is 0 Å². The van der Waals surface area contributed by atoms with Gasteiger partial charge in [0.2, 0.25) is 0 Å². The maximum absolute atomic E-state index is 5.70. The van der Waals surface area contributed by atoms with Crippen molar-refractivity contribution in [2.45, 2.75) is 12.8 Å². The average molecular weight is 227 g/mol. The van der Waals surface area contributed by atoms with Gasteiger partial charge in [0.05, 0.1) is 0 Å². The molecule has 3 nitrogen and oxygen atoms in total. The molecule has 1 fully saturated rings. The molecule has 5 heteroatoms. The van der Waals surface area contributed by atoms with Crippen LogP contribution in [-0.4, -0.2) is 31.9 Å². The summed E-state index contributed by atoms with van der Waals surface area (Å²) in [6, 6.07) is 8.12. The van der Waals surface area contributed by atoms with E-state index in [4.69, 9.17) is 7.85 Å². The van der Waals surface area contributed by atoms with Crippen molar-refractivity contribution in [3.8, 4) is 0 Å². The Morgan fingerprint density at radius 3 is 2.20 bits per heavy atom. The molecule has 0 atom stereocenters. The summed E-state index contributed by atoms with van der Waals surface area (Å²) in [4.78, 5) is 2.39. The molecule has 0 radical (unpaired) electrons. The minimum absolute atomic E-state index is 0. The zero-order chi connectivity index (χ0) is 8.39. The molecule has 82 valence electrons. The van der Waals surface area contributed by atoms with E-state index >= 15 is 0 Å². The number of halogens is 1. The van der Waals surface area contributed by atoms with Crippen molar-refractivity contribution in [3.63, 3.8) is 0 Å². The molecule has 1 aliphatic rings. The number of hydrogen-bond acceptors (Lipinski definition) is 3. The van der Waals surface area contributed by atoms with Crippen LogP contribution < -0.4 is 10.4 Å². The maximum atomic E-state index is 5.70. The molecule has 1 saturated heterocycles. The Kier molecular flexibility index (Phi) is 8.43. The van der Waals surface area contributed by atoms with Gasteiger partial charge in [-0.25, -0.2) is 0 Å². The molecule has 0 aliphatic carbocycles. The second kappa shape index (κ2) is 7.57. The molecular formula is C10H15BClNO2. The molecule has 0 amide bonds. The van der Waals surface area contributed by atoms with Crippen LogP contribution in [-0.2, 0) is 0 Å². The van der Waals surface area contributed by atoms with E-state index in [9.17, 15) is 0 Å². The fraction of sp³-hybridized carbons (Fsp3) is 0.400. The first-order chi connectivity index (χ1) is 5.86. The van der Waals surface area contributed by atoms with Gasteiger partial charge in [-0.15, -0.1) is 12.4 Å². The van der Waals surface area contributed by atoms with Gasteiger partial charge in [-0.05, 0) is 0 Å². The standard InChI is InChI=1S/C10H12BN.ClH.2H2O/c11-9-4-3-5-10(8-9)12-6-1-2-7-12;;;/h3-5,8H,1-2,6-7H2;1H;2*1H2/q+2;;;/p-2. The van der Waals surface area contributed by atoms with Crippen LogP contribution in [0.2, 0.25) is 0 Å². The Bertz CT molecular complexity index is 280. The number of benzene rings is 1. The van der Waals surface area contributed by atoms with E-state index in [2.05, 4.69) is 11.0 Å². The van der Waals surface area contributed by atoms with Crippen LogP contribution in [0.4, 0.5) is 5.69 Å². The molecule has 0 bridgehead atoms. The molecule has 2 N–H and O–H groups in total. The Balaban J connectivity index is 0. The fourth-order valence-electron chi connectivity index (χ4n) is 1.70. The van der Waals surface area contributed by atoms with Crippen molar-refractivity contribution in [3.05, 3.63) is 24.3 Å². The number of anilines is 1. The summed E-state index contributed by atoms with van der Waals surface area (Å²) in [5.41, 5.74) is 2.13. The second-order valence-electron chi connectivity index (χ2n) is 3.29. The first-order valence-electron chi connectivity index (χ1n) is 4.47. The Morgan fingerprint density at radius 2 is 1.67 bits per heavy atom. The molecule has 1 heterocycles. The van der Waals surface area contributed by atoms with Crippen LogP contribution in [0.15, 0.2) is 24.3 Å². The SMILES string of the molecule is Cl.[B+2]c1cccc(N2CCCC2)c1.[OH-].[OH-]. The predicted octanol–water partition coefficient (Wildman–Crippen LogP) is 1.15. The van der Waals surface area contributed by atoms with Gasteiger partial charge >= 0.3 is 74.1 Å². The minimum atomic E-state index is 0. The quantitative estimate of drug-likeness (QED) is 0.676. The summed E-state index contributed by atoms with van der Waals surface area (Å²) in [6.07, 6.45) is 2.63. The van der Waals surface area contributed by atoms with E-state index in [0.29, 0.717) is 0 Å². The van der Waals surface area contributed by atoms with Crippen LogP contribution >= 0.6 is 12.4 Å². The molecule has 2 rings (SSSR count). The molecule has 0 aromatic heterocycles. The van der Waals surface area contributed by atoms with Crippen molar-refractivity contribution in [2.75, 3.05) is 18.0 Å². The van der Waals surface area contributed by atoms with Gasteiger partial charge < -0.3 is 11.0 Å². The summed E-state index contributed by atoms with van der Waals surface area (Å²) in [6.45, 7) is 2.37. The van der Waals surface area contributed by atoms with Gasteiger partial charge in [0.1, 0.15) is 0 Å². The topological polar surface area (TPSA) is 63.2 Å². The van der Waals surface area contributed by atoms with Gasteiger partial charge in [0.25, 0.3) is 0 Å². The largest absolute Gasteiger partial charge is 0.870 e. The van der Waals surface area contributed by atoms with E-state index in [1.807, 2.05) is 18.2 Å². The van der Waals surface area contributed by atoms with E-state index in [1.165, 1.54) is 31.6 Å². The second-order valence-corrected chi connectivity index (χ2v) is 3.29. The third kappa shape index (κ3) is 4.12. The predicted molar refractivity (Wildman–Crippen MR) is 64.4 cm³/mol. The molecule has 0 spiro atoms. The first kappa shape index (κ1) is 16.7. The number of rotatable bonds is 1. The first-order valence-corrected chi connectivity index (χ1v) is 4.47. The van der Waals surface area contributed by atoms with Gasteiger partial charge in [-0.2, -0.15) is 0 Å². The summed E-state index contributed by atoms with van der Waals surface area (Å²) in [5.74, 6) is 0. The van der Waals surface area contributed by atoms with Crippen molar-refractivity contribution in [1.82, 2.24) is 0 Å². The summed E-state index contributed by atoms with van der Waals surface area (Å²) >= 11 is 0. The van der Waals surface area contributed by atoms with E-state index < -0.39 is 0 Å². The van der Waals surface area contributed by atoms with Crippen LogP contribution in [0.5, 0.6) is 0 Å². The zero-order valence-electron chi connectivity index (χ0n) is 8.47. The Morgan fingerprint density at radius 1 is 1.07 bits per heavy atom. The number of nitrogens with zero attached hydrogens (tertiary/aromatic N) is 1.